The highest BCUT2D eigenvalue weighted by Gasteiger charge is 2.29. The number of carbonyl (C=O) groups is 1. The van der Waals surface area contributed by atoms with Crippen LogP contribution in [-0.2, 0) is 4.79 Å². The Kier molecular flexibility index (Phi) is 8.78. The summed E-state index contributed by atoms with van der Waals surface area (Å²) in [5.74, 6) is -0.379. The monoisotopic (exact) mass is 356 g/mol. The first-order chi connectivity index (χ1) is 10.3. The van der Waals surface area contributed by atoms with Crippen molar-refractivity contribution in [3.05, 3.63) is 18.2 Å². The standard InChI is InChI=1S/C14H19F3N2O3.ClH/c1-3-4-10(18)13(20)19-9-5-6-11(21-2)12(7-9)22-8-14(15,16)17;/h5-7,10H,3-4,8,18H2,1-2H3,(H,19,20);1H. The number of hydrogen-bond acceptors (Lipinski definition) is 4. The van der Waals surface area contributed by atoms with E-state index in [2.05, 4.69) is 5.32 Å². The van der Waals surface area contributed by atoms with Crippen LogP contribution < -0.4 is 20.5 Å². The Morgan fingerprint density at radius 3 is 2.52 bits per heavy atom. The Morgan fingerprint density at radius 1 is 1.35 bits per heavy atom. The number of hydrogen-bond donors (Lipinski definition) is 2. The number of methoxy groups -OCH3 is 1. The molecule has 5 nitrogen and oxygen atoms in total. The minimum Gasteiger partial charge on any atom is -0.493 e. The number of alkyl halides is 3. The predicted octanol–water partition coefficient (Wildman–Crippen LogP) is 3.12. The minimum absolute atomic E-state index is 0. The zero-order valence-electron chi connectivity index (χ0n) is 12.8. The fraction of sp³-hybridized carbons (Fsp3) is 0.500. The summed E-state index contributed by atoms with van der Waals surface area (Å²) in [5.41, 5.74) is 5.96. The first-order valence-corrected chi connectivity index (χ1v) is 6.71. The van der Waals surface area contributed by atoms with Crippen molar-refractivity contribution in [3.63, 3.8) is 0 Å². The van der Waals surface area contributed by atoms with Crippen LogP contribution in [-0.4, -0.2) is 31.8 Å². The van der Waals surface area contributed by atoms with E-state index in [0.29, 0.717) is 6.42 Å². The number of amides is 1. The molecule has 9 heteroatoms. The molecular formula is C14H20ClF3N2O3. The van der Waals surface area contributed by atoms with Crippen LogP contribution in [0.25, 0.3) is 0 Å². The highest BCUT2D eigenvalue weighted by Crippen LogP contribution is 2.31. The Balaban J connectivity index is 0.00000484. The van der Waals surface area contributed by atoms with E-state index in [4.69, 9.17) is 15.2 Å². The van der Waals surface area contributed by atoms with Gasteiger partial charge in [0.1, 0.15) is 0 Å². The third kappa shape index (κ3) is 7.43. The minimum atomic E-state index is -4.46. The van der Waals surface area contributed by atoms with Crippen molar-refractivity contribution >= 4 is 24.0 Å². The molecule has 0 aromatic heterocycles. The number of ether oxygens (including phenoxy) is 2. The van der Waals surface area contributed by atoms with Crippen LogP contribution in [0.2, 0.25) is 0 Å². The maximum absolute atomic E-state index is 12.2. The SMILES string of the molecule is CCCC(N)C(=O)Nc1ccc(OC)c(OCC(F)(F)F)c1.Cl. The molecule has 0 fully saturated rings. The molecule has 0 bridgehead atoms. The molecule has 0 saturated heterocycles. The number of anilines is 1. The largest absolute Gasteiger partial charge is 0.493 e. The van der Waals surface area contributed by atoms with Crippen LogP contribution in [0.4, 0.5) is 18.9 Å². The van der Waals surface area contributed by atoms with Gasteiger partial charge in [0.05, 0.1) is 13.2 Å². The summed E-state index contributed by atoms with van der Waals surface area (Å²) in [4.78, 5) is 11.8. The Bertz CT molecular complexity index is 513. The number of benzene rings is 1. The lowest BCUT2D eigenvalue weighted by Gasteiger charge is -2.15. The Morgan fingerprint density at radius 2 is 2.00 bits per heavy atom. The van der Waals surface area contributed by atoms with Gasteiger partial charge in [-0.05, 0) is 18.6 Å². The zero-order chi connectivity index (χ0) is 16.8. The topological polar surface area (TPSA) is 73.6 Å². The molecule has 0 heterocycles. The second kappa shape index (κ2) is 9.46. The normalized spacial score (nSPS) is 12.1. The number of halogens is 4. The Labute approximate surface area is 138 Å². The summed E-state index contributed by atoms with van der Waals surface area (Å²) in [5, 5.41) is 2.53. The first kappa shape index (κ1) is 21.3. The molecule has 1 aromatic carbocycles. The van der Waals surface area contributed by atoms with Crippen LogP contribution in [0, 0.1) is 0 Å². The van der Waals surface area contributed by atoms with Crippen molar-refractivity contribution in [2.45, 2.75) is 32.0 Å². The summed E-state index contributed by atoms with van der Waals surface area (Å²) >= 11 is 0. The van der Waals surface area contributed by atoms with Gasteiger partial charge < -0.3 is 20.5 Å². The lowest BCUT2D eigenvalue weighted by molar-refractivity contribution is -0.153. The molecule has 0 aliphatic heterocycles. The van der Waals surface area contributed by atoms with E-state index in [-0.39, 0.29) is 29.6 Å². The van der Waals surface area contributed by atoms with E-state index >= 15 is 0 Å². The zero-order valence-corrected chi connectivity index (χ0v) is 13.6. The fourth-order valence-corrected chi connectivity index (χ4v) is 1.70. The quantitative estimate of drug-likeness (QED) is 0.787. The van der Waals surface area contributed by atoms with Gasteiger partial charge >= 0.3 is 6.18 Å². The summed E-state index contributed by atoms with van der Waals surface area (Å²) in [7, 11) is 1.31. The highest BCUT2D eigenvalue weighted by atomic mass is 35.5. The molecule has 0 saturated carbocycles. The van der Waals surface area contributed by atoms with E-state index in [9.17, 15) is 18.0 Å². The van der Waals surface area contributed by atoms with Crippen LogP contribution in [0.15, 0.2) is 18.2 Å². The van der Waals surface area contributed by atoms with Crippen molar-refractivity contribution in [3.8, 4) is 11.5 Å². The molecule has 1 aromatic rings. The lowest BCUT2D eigenvalue weighted by Crippen LogP contribution is -2.35. The summed E-state index contributed by atoms with van der Waals surface area (Å²) in [6.07, 6.45) is -3.20. The van der Waals surface area contributed by atoms with Gasteiger partial charge in [0.15, 0.2) is 18.1 Å². The van der Waals surface area contributed by atoms with Gasteiger partial charge in [-0.1, -0.05) is 13.3 Å². The van der Waals surface area contributed by atoms with Gasteiger partial charge in [0.25, 0.3) is 0 Å². The molecule has 23 heavy (non-hydrogen) atoms. The van der Waals surface area contributed by atoms with Gasteiger partial charge in [-0.3, -0.25) is 4.79 Å². The molecule has 1 amide bonds. The number of nitrogens with two attached hydrogens (primary N) is 1. The average Bonchev–Trinajstić information content (AvgIpc) is 2.44. The van der Waals surface area contributed by atoms with E-state index in [1.54, 1.807) is 0 Å². The van der Waals surface area contributed by atoms with Crippen molar-refractivity contribution in [1.82, 2.24) is 0 Å². The number of rotatable bonds is 7. The third-order valence-electron chi connectivity index (χ3n) is 2.76. The van der Waals surface area contributed by atoms with Gasteiger partial charge in [0.2, 0.25) is 5.91 Å². The van der Waals surface area contributed by atoms with Crippen LogP contribution in [0.3, 0.4) is 0 Å². The van der Waals surface area contributed by atoms with Gasteiger partial charge in [-0.2, -0.15) is 13.2 Å². The summed E-state index contributed by atoms with van der Waals surface area (Å²) in [6.45, 7) is 0.444. The average molecular weight is 357 g/mol. The lowest BCUT2D eigenvalue weighted by atomic mass is 10.1. The molecule has 1 atom stereocenters. The molecule has 0 spiro atoms. The maximum Gasteiger partial charge on any atom is 0.422 e. The number of carbonyl (C=O) groups excluding carboxylic acids is 1. The summed E-state index contributed by atoms with van der Waals surface area (Å²) < 4.78 is 46.3. The molecule has 0 radical (unpaired) electrons. The van der Waals surface area contributed by atoms with Crippen molar-refractivity contribution < 1.29 is 27.4 Å². The molecule has 1 unspecified atom stereocenters. The second-order valence-electron chi connectivity index (χ2n) is 4.65. The highest BCUT2D eigenvalue weighted by molar-refractivity contribution is 5.94. The smallest absolute Gasteiger partial charge is 0.422 e. The number of nitrogens with one attached hydrogen (secondary N) is 1. The molecule has 0 aliphatic rings. The van der Waals surface area contributed by atoms with Gasteiger partial charge in [0, 0.05) is 11.8 Å². The molecular weight excluding hydrogens is 337 g/mol. The van der Waals surface area contributed by atoms with Crippen LogP contribution in [0.1, 0.15) is 19.8 Å². The predicted molar refractivity (Wildman–Crippen MR) is 83.3 cm³/mol. The van der Waals surface area contributed by atoms with E-state index < -0.39 is 24.7 Å². The fourth-order valence-electron chi connectivity index (χ4n) is 1.70. The van der Waals surface area contributed by atoms with Crippen molar-refractivity contribution in [2.24, 2.45) is 5.73 Å². The van der Waals surface area contributed by atoms with Gasteiger partial charge in [-0.25, -0.2) is 0 Å². The maximum atomic E-state index is 12.2. The molecule has 3 N–H and O–H groups in total. The van der Waals surface area contributed by atoms with Crippen molar-refractivity contribution in [2.75, 3.05) is 19.0 Å². The van der Waals surface area contributed by atoms with Gasteiger partial charge in [-0.15, -0.1) is 12.4 Å². The molecule has 1 rings (SSSR count). The van der Waals surface area contributed by atoms with E-state index in [1.807, 2.05) is 6.92 Å². The molecule has 0 aliphatic carbocycles. The first-order valence-electron chi connectivity index (χ1n) is 6.71. The third-order valence-corrected chi connectivity index (χ3v) is 2.76. The van der Waals surface area contributed by atoms with Crippen LogP contribution in [0.5, 0.6) is 11.5 Å². The second-order valence-corrected chi connectivity index (χ2v) is 4.65. The summed E-state index contributed by atoms with van der Waals surface area (Å²) in [6, 6.07) is 3.50. The molecule has 132 valence electrons. The Hall–Kier alpha value is -1.67. The van der Waals surface area contributed by atoms with Crippen molar-refractivity contribution in [1.29, 1.82) is 0 Å². The van der Waals surface area contributed by atoms with E-state index in [0.717, 1.165) is 6.42 Å². The van der Waals surface area contributed by atoms with E-state index in [1.165, 1.54) is 25.3 Å². The van der Waals surface area contributed by atoms with Crippen LogP contribution >= 0.6 is 12.4 Å².